The second-order valence-corrected chi connectivity index (χ2v) is 4.23. The van der Waals surface area contributed by atoms with Gasteiger partial charge in [0.05, 0.1) is 0 Å². The molecule has 0 radical (unpaired) electrons. The van der Waals surface area contributed by atoms with Gasteiger partial charge in [-0.25, -0.2) is 0 Å². The van der Waals surface area contributed by atoms with Crippen molar-refractivity contribution >= 4 is 11.8 Å². The van der Waals surface area contributed by atoms with Gasteiger partial charge in [0.15, 0.2) is 0 Å². The lowest BCUT2D eigenvalue weighted by Gasteiger charge is -2.13. The van der Waals surface area contributed by atoms with Gasteiger partial charge in [-0.05, 0) is 36.5 Å². The number of hydrogen-bond acceptors (Lipinski definition) is 2. The normalized spacial score (nSPS) is 12.8. The molecule has 0 saturated carbocycles. The summed E-state index contributed by atoms with van der Waals surface area (Å²) in [6.45, 7) is 2.12. The molecular weight excluding hydrogens is 178 g/mol. The van der Waals surface area contributed by atoms with Crippen LogP contribution >= 0.6 is 11.8 Å². The summed E-state index contributed by atoms with van der Waals surface area (Å²) >= 11 is 1.85. The van der Waals surface area contributed by atoms with Crippen LogP contribution in [-0.4, -0.2) is 12.0 Å². The van der Waals surface area contributed by atoms with Crippen molar-refractivity contribution in [3.63, 3.8) is 0 Å². The van der Waals surface area contributed by atoms with Crippen LogP contribution in [0.2, 0.25) is 0 Å². The molecule has 0 aromatic heterocycles. The van der Waals surface area contributed by atoms with Crippen LogP contribution in [0.4, 0.5) is 0 Å². The summed E-state index contributed by atoms with van der Waals surface area (Å²) in [7, 11) is 0. The summed E-state index contributed by atoms with van der Waals surface area (Å²) in [5, 5.41) is 0. The highest BCUT2D eigenvalue weighted by atomic mass is 32.2. The fraction of sp³-hybridized carbons (Fsp3) is 0.455. The largest absolute Gasteiger partial charge is 0.324 e. The van der Waals surface area contributed by atoms with Crippen molar-refractivity contribution in [2.24, 2.45) is 5.73 Å². The maximum atomic E-state index is 6.07. The fourth-order valence-electron chi connectivity index (χ4n) is 1.40. The maximum Gasteiger partial charge on any atom is 0.0305 e. The van der Waals surface area contributed by atoms with Crippen LogP contribution in [0.3, 0.4) is 0 Å². The molecule has 0 fully saturated rings. The summed E-state index contributed by atoms with van der Waals surface area (Å²) in [6.07, 6.45) is 3.18. The van der Waals surface area contributed by atoms with Crippen LogP contribution in [0.25, 0.3) is 0 Å². The first kappa shape index (κ1) is 10.6. The number of benzene rings is 1. The Bertz CT molecular complexity index is 260. The predicted octanol–water partition coefficient (Wildman–Crippen LogP) is 2.75. The molecular formula is C11H17NS. The molecule has 1 rings (SSSR count). The van der Waals surface area contributed by atoms with Gasteiger partial charge in [0.2, 0.25) is 0 Å². The molecule has 72 valence electrons. The summed E-state index contributed by atoms with van der Waals surface area (Å²) in [5.74, 6) is 1.13. The molecule has 0 aliphatic carbocycles. The van der Waals surface area contributed by atoms with Crippen LogP contribution in [0, 0.1) is 6.92 Å². The van der Waals surface area contributed by atoms with E-state index in [4.69, 9.17) is 5.73 Å². The summed E-state index contributed by atoms with van der Waals surface area (Å²) in [4.78, 5) is 0. The van der Waals surface area contributed by atoms with E-state index in [9.17, 15) is 0 Å². The zero-order chi connectivity index (χ0) is 9.68. The van der Waals surface area contributed by atoms with Gasteiger partial charge >= 0.3 is 0 Å². The van der Waals surface area contributed by atoms with Crippen LogP contribution in [0.1, 0.15) is 23.6 Å². The Kier molecular flexibility index (Phi) is 4.33. The van der Waals surface area contributed by atoms with E-state index in [1.54, 1.807) is 0 Å². The SMILES string of the molecule is CSCCC(N)c1ccccc1C. The molecule has 1 aromatic carbocycles. The van der Waals surface area contributed by atoms with Crippen molar-refractivity contribution in [3.8, 4) is 0 Å². The van der Waals surface area contributed by atoms with E-state index >= 15 is 0 Å². The summed E-state index contributed by atoms with van der Waals surface area (Å²) in [5.41, 5.74) is 8.66. The van der Waals surface area contributed by atoms with Crippen LogP contribution in [0.5, 0.6) is 0 Å². The van der Waals surface area contributed by atoms with Gasteiger partial charge in [-0.1, -0.05) is 24.3 Å². The third-order valence-electron chi connectivity index (χ3n) is 2.22. The van der Waals surface area contributed by atoms with E-state index in [1.807, 2.05) is 11.8 Å². The Hall–Kier alpha value is -0.470. The first-order valence-corrected chi connectivity index (χ1v) is 5.95. The smallest absolute Gasteiger partial charge is 0.0305 e. The monoisotopic (exact) mass is 195 g/mol. The van der Waals surface area contributed by atoms with Crippen LogP contribution in [0.15, 0.2) is 24.3 Å². The number of aryl methyl sites for hydroxylation is 1. The summed E-state index contributed by atoms with van der Waals surface area (Å²) < 4.78 is 0. The highest BCUT2D eigenvalue weighted by molar-refractivity contribution is 7.98. The fourth-order valence-corrected chi connectivity index (χ4v) is 1.89. The second-order valence-electron chi connectivity index (χ2n) is 3.24. The highest BCUT2D eigenvalue weighted by Gasteiger charge is 2.06. The summed E-state index contributed by atoms with van der Waals surface area (Å²) in [6, 6.07) is 8.56. The van der Waals surface area contributed by atoms with Crippen molar-refractivity contribution in [2.45, 2.75) is 19.4 Å². The molecule has 1 atom stereocenters. The Balaban J connectivity index is 2.65. The Morgan fingerprint density at radius 2 is 2.08 bits per heavy atom. The topological polar surface area (TPSA) is 26.0 Å². The predicted molar refractivity (Wildman–Crippen MR) is 61.1 cm³/mol. The van der Waals surface area contributed by atoms with E-state index in [1.165, 1.54) is 11.1 Å². The molecule has 2 N–H and O–H groups in total. The molecule has 1 unspecified atom stereocenters. The average molecular weight is 195 g/mol. The van der Waals surface area contributed by atoms with Gasteiger partial charge in [0.25, 0.3) is 0 Å². The van der Waals surface area contributed by atoms with Crippen molar-refractivity contribution in [3.05, 3.63) is 35.4 Å². The molecule has 13 heavy (non-hydrogen) atoms. The number of hydrogen-bond donors (Lipinski definition) is 1. The van der Waals surface area contributed by atoms with Gasteiger partial charge in [0, 0.05) is 6.04 Å². The molecule has 0 saturated heterocycles. The number of nitrogens with two attached hydrogens (primary N) is 1. The molecule has 1 nitrogen and oxygen atoms in total. The van der Waals surface area contributed by atoms with E-state index < -0.39 is 0 Å². The molecule has 0 spiro atoms. The van der Waals surface area contributed by atoms with Gasteiger partial charge in [-0.15, -0.1) is 0 Å². The number of thioether (sulfide) groups is 1. The molecule has 2 heteroatoms. The molecule has 0 aliphatic heterocycles. The van der Waals surface area contributed by atoms with Gasteiger partial charge in [-0.3, -0.25) is 0 Å². The molecule has 0 amide bonds. The molecule has 0 aliphatic rings. The van der Waals surface area contributed by atoms with E-state index in [-0.39, 0.29) is 6.04 Å². The zero-order valence-corrected chi connectivity index (χ0v) is 9.10. The standard InChI is InChI=1S/C11H17NS/c1-9-5-3-4-6-10(9)11(12)7-8-13-2/h3-6,11H,7-8,12H2,1-2H3. The Labute approximate surface area is 84.7 Å². The van der Waals surface area contributed by atoms with Crippen molar-refractivity contribution in [1.29, 1.82) is 0 Å². The molecule has 0 heterocycles. The lowest BCUT2D eigenvalue weighted by Crippen LogP contribution is -2.12. The van der Waals surface area contributed by atoms with Gasteiger partial charge in [0.1, 0.15) is 0 Å². The highest BCUT2D eigenvalue weighted by Crippen LogP contribution is 2.19. The minimum absolute atomic E-state index is 0.202. The van der Waals surface area contributed by atoms with E-state index in [0.29, 0.717) is 0 Å². The maximum absolute atomic E-state index is 6.07. The lowest BCUT2D eigenvalue weighted by molar-refractivity contribution is 0.701. The van der Waals surface area contributed by atoms with Crippen LogP contribution < -0.4 is 5.73 Å². The van der Waals surface area contributed by atoms with E-state index in [0.717, 1.165) is 12.2 Å². The first-order valence-electron chi connectivity index (χ1n) is 4.55. The number of rotatable bonds is 4. The molecule has 0 bridgehead atoms. The average Bonchev–Trinajstić information content (AvgIpc) is 2.15. The second kappa shape index (κ2) is 5.30. The third-order valence-corrected chi connectivity index (χ3v) is 2.86. The van der Waals surface area contributed by atoms with Gasteiger partial charge in [-0.2, -0.15) is 11.8 Å². The Morgan fingerprint density at radius 1 is 1.38 bits per heavy atom. The Morgan fingerprint density at radius 3 is 2.69 bits per heavy atom. The van der Waals surface area contributed by atoms with Gasteiger partial charge < -0.3 is 5.73 Å². The van der Waals surface area contributed by atoms with Crippen molar-refractivity contribution in [2.75, 3.05) is 12.0 Å². The van der Waals surface area contributed by atoms with Crippen molar-refractivity contribution < 1.29 is 0 Å². The zero-order valence-electron chi connectivity index (χ0n) is 8.29. The van der Waals surface area contributed by atoms with Crippen LogP contribution in [-0.2, 0) is 0 Å². The van der Waals surface area contributed by atoms with E-state index in [2.05, 4.69) is 37.4 Å². The third kappa shape index (κ3) is 3.05. The quantitative estimate of drug-likeness (QED) is 0.799. The van der Waals surface area contributed by atoms with Crippen molar-refractivity contribution in [1.82, 2.24) is 0 Å². The minimum Gasteiger partial charge on any atom is -0.324 e. The first-order chi connectivity index (χ1) is 6.25. The molecule has 1 aromatic rings. The lowest BCUT2D eigenvalue weighted by atomic mass is 10.0. The minimum atomic E-state index is 0.202.